The van der Waals surface area contributed by atoms with Crippen molar-refractivity contribution >= 4 is 41.1 Å². The number of halogens is 1. The maximum atomic E-state index is 12.4. The molecule has 33 heavy (non-hydrogen) atoms. The van der Waals surface area contributed by atoms with E-state index in [2.05, 4.69) is 25.9 Å². The van der Waals surface area contributed by atoms with Gasteiger partial charge in [0, 0.05) is 18.1 Å². The van der Waals surface area contributed by atoms with Crippen LogP contribution in [0.15, 0.2) is 46.2 Å². The number of thioether (sulfide) groups is 1. The molecule has 3 aromatic rings. The van der Waals surface area contributed by atoms with Gasteiger partial charge in [-0.25, -0.2) is 0 Å². The summed E-state index contributed by atoms with van der Waals surface area (Å²) >= 11 is 7.19. The van der Waals surface area contributed by atoms with Gasteiger partial charge in [-0.3, -0.25) is 25.0 Å². The molecule has 3 heterocycles. The Balaban J connectivity index is 1.38. The Hall–Kier alpha value is -3.18. The van der Waals surface area contributed by atoms with Gasteiger partial charge in [-0.1, -0.05) is 23.4 Å². The molecule has 0 saturated carbocycles. The first-order valence-electron chi connectivity index (χ1n) is 10.3. The summed E-state index contributed by atoms with van der Waals surface area (Å²) in [7, 11) is 1.45. The van der Waals surface area contributed by atoms with E-state index in [0.717, 1.165) is 37.6 Å². The van der Waals surface area contributed by atoms with Crippen molar-refractivity contribution in [3.05, 3.63) is 52.9 Å². The van der Waals surface area contributed by atoms with Gasteiger partial charge < -0.3 is 14.1 Å². The number of benzene rings is 1. The number of nitrogens with zero attached hydrogens (tertiary/aromatic N) is 4. The van der Waals surface area contributed by atoms with Gasteiger partial charge >= 0.3 is 0 Å². The van der Waals surface area contributed by atoms with Crippen LogP contribution in [0.4, 0.5) is 5.95 Å². The topological polar surface area (TPSA) is 115 Å². The minimum atomic E-state index is -0.537. The molecule has 1 fully saturated rings. The van der Waals surface area contributed by atoms with Crippen LogP contribution in [-0.4, -0.2) is 52.5 Å². The van der Waals surface area contributed by atoms with Crippen LogP contribution in [0.5, 0.6) is 5.75 Å². The summed E-state index contributed by atoms with van der Waals surface area (Å²) in [6.07, 6.45) is 3.83. The molecule has 0 spiro atoms. The first-order valence-corrected chi connectivity index (χ1v) is 11.7. The average Bonchev–Trinajstić information content (AvgIpc) is 3.59. The van der Waals surface area contributed by atoms with Gasteiger partial charge in [-0.05, 0) is 43.2 Å². The summed E-state index contributed by atoms with van der Waals surface area (Å²) in [4.78, 5) is 27.0. The molecule has 1 aliphatic heterocycles. The number of carbonyl (C=O) groups excluding carboxylic acids is 2. The van der Waals surface area contributed by atoms with E-state index >= 15 is 0 Å². The van der Waals surface area contributed by atoms with Crippen molar-refractivity contribution in [3.63, 3.8) is 0 Å². The summed E-state index contributed by atoms with van der Waals surface area (Å²) in [5.41, 5.74) is 5.00. The van der Waals surface area contributed by atoms with E-state index in [9.17, 15) is 9.59 Å². The van der Waals surface area contributed by atoms with Crippen molar-refractivity contribution in [1.82, 2.24) is 25.6 Å². The standard InChI is InChI=1S/C21H23ClN6O4S/c1-31-17-7-6-14(22)11-16(17)19(30)24-23-18(29)13-33-21-26-25-20(27-8-2-3-9-27)28(21)12-15-5-4-10-32-15/h4-7,10-11H,2-3,8-9,12-13H2,1H3,(H,23,29)(H,24,30). The fraction of sp³-hybridized carbons (Fsp3) is 0.333. The van der Waals surface area contributed by atoms with E-state index in [-0.39, 0.29) is 11.3 Å². The van der Waals surface area contributed by atoms with Gasteiger partial charge in [0.2, 0.25) is 11.9 Å². The highest BCUT2D eigenvalue weighted by Gasteiger charge is 2.23. The van der Waals surface area contributed by atoms with Gasteiger partial charge in [-0.15, -0.1) is 10.2 Å². The summed E-state index contributed by atoms with van der Waals surface area (Å²) in [6.45, 7) is 2.29. The van der Waals surface area contributed by atoms with Gasteiger partial charge in [0.25, 0.3) is 5.91 Å². The minimum Gasteiger partial charge on any atom is -0.496 e. The van der Waals surface area contributed by atoms with Crippen LogP contribution >= 0.6 is 23.4 Å². The third kappa shape index (κ3) is 5.60. The molecule has 1 saturated heterocycles. The lowest BCUT2D eigenvalue weighted by Crippen LogP contribution is -2.42. The van der Waals surface area contributed by atoms with Crippen LogP contribution in [0.25, 0.3) is 0 Å². The Morgan fingerprint density at radius 1 is 1.21 bits per heavy atom. The summed E-state index contributed by atoms with van der Waals surface area (Å²) < 4.78 is 12.6. The molecule has 4 rings (SSSR count). The number of hydrogen-bond donors (Lipinski definition) is 2. The van der Waals surface area contributed by atoms with Crippen LogP contribution in [0.2, 0.25) is 5.02 Å². The van der Waals surface area contributed by atoms with Crippen molar-refractivity contribution < 1.29 is 18.7 Å². The maximum absolute atomic E-state index is 12.4. The van der Waals surface area contributed by atoms with Gasteiger partial charge in [0.15, 0.2) is 5.16 Å². The number of nitrogens with one attached hydrogen (secondary N) is 2. The van der Waals surface area contributed by atoms with Crippen molar-refractivity contribution in [2.45, 2.75) is 24.5 Å². The summed E-state index contributed by atoms with van der Waals surface area (Å²) in [5.74, 6) is 0.969. The molecule has 0 radical (unpaired) electrons. The van der Waals surface area contributed by atoms with Crippen LogP contribution in [-0.2, 0) is 11.3 Å². The second-order valence-corrected chi connectivity index (χ2v) is 8.66. The third-order valence-corrected chi connectivity index (χ3v) is 6.24. The number of methoxy groups -OCH3 is 1. The van der Waals surface area contributed by atoms with Crippen molar-refractivity contribution in [3.8, 4) is 5.75 Å². The zero-order chi connectivity index (χ0) is 23.2. The lowest BCUT2D eigenvalue weighted by molar-refractivity contribution is -0.119. The van der Waals surface area contributed by atoms with Crippen LogP contribution in [0.1, 0.15) is 29.0 Å². The van der Waals surface area contributed by atoms with E-state index < -0.39 is 11.8 Å². The number of hydrazine groups is 1. The molecule has 12 heteroatoms. The molecule has 2 aromatic heterocycles. The quantitative estimate of drug-likeness (QED) is 0.366. The predicted molar refractivity (Wildman–Crippen MR) is 124 cm³/mol. The number of aromatic nitrogens is 3. The SMILES string of the molecule is COc1ccc(Cl)cc1C(=O)NNC(=O)CSc1nnc(N2CCCC2)n1Cc1ccco1. The molecule has 1 aromatic carbocycles. The normalized spacial score (nSPS) is 13.2. The lowest BCUT2D eigenvalue weighted by atomic mass is 10.2. The number of furan rings is 1. The van der Waals surface area contributed by atoms with Crippen molar-refractivity contribution in [2.24, 2.45) is 0 Å². The molecule has 0 atom stereocenters. The van der Waals surface area contributed by atoms with Crippen LogP contribution < -0.4 is 20.5 Å². The first kappa shape index (κ1) is 23.0. The van der Waals surface area contributed by atoms with E-state index in [1.54, 1.807) is 18.4 Å². The Morgan fingerprint density at radius 3 is 2.76 bits per heavy atom. The molecule has 0 bridgehead atoms. The molecule has 2 amide bonds. The minimum absolute atomic E-state index is 0.0310. The molecule has 0 unspecified atom stereocenters. The fourth-order valence-corrected chi connectivity index (χ4v) is 4.36. The predicted octanol–water partition coefficient (Wildman–Crippen LogP) is 2.73. The largest absolute Gasteiger partial charge is 0.496 e. The molecule has 0 aliphatic carbocycles. The lowest BCUT2D eigenvalue weighted by Gasteiger charge is -2.17. The number of carbonyl (C=O) groups is 2. The molecule has 10 nitrogen and oxygen atoms in total. The number of ether oxygens (including phenoxy) is 1. The van der Waals surface area contributed by atoms with E-state index in [0.29, 0.717) is 22.5 Å². The van der Waals surface area contributed by atoms with Gasteiger partial charge in [0.1, 0.15) is 11.5 Å². The molecule has 1 aliphatic rings. The van der Waals surface area contributed by atoms with Crippen LogP contribution in [0, 0.1) is 0 Å². The number of anilines is 1. The van der Waals surface area contributed by atoms with E-state index in [1.807, 2.05) is 16.7 Å². The van der Waals surface area contributed by atoms with Crippen molar-refractivity contribution in [2.75, 3.05) is 30.9 Å². The van der Waals surface area contributed by atoms with Crippen LogP contribution in [0.3, 0.4) is 0 Å². The van der Waals surface area contributed by atoms with Gasteiger partial charge in [0.05, 0.1) is 31.2 Å². The average molecular weight is 491 g/mol. The monoisotopic (exact) mass is 490 g/mol. The Labute approximate surface area is 199 Å². The zero-order valence-corrected chi connectivity index (χ0v) is 19.5. The molecular weight excluding hydrogens is 468 g/mol. The smallest absolute Gasteiger partial charge is 0.273 e. The zero-order valence-electron chi connectivity index (χ0n) is 17.9. The summed E-state index contributed by atoms with van der Waals surface area (Å²) in [6, 6.07) is 8.37. The number of hydrogen-bond acceptors (Lipinski definition) is 8. The van der Waals surface area contributed by atoms with E-state index in [4.69, 9.17) is 20.8 Å². The second-order valence-electron chi connectivity index (χ2n) is 7.28. The molecule has 2 N–H and O–H groups in total. The van der Waals surface area contributed by atoms with Gasteiger partial charge in [-0.2, -0.15) is 0 Å². The first-order chi connectivity index (χ1) is 16.0. The molecule has 174 valence electrons. The Morgan fingerprint density at radius 2 is 2.03 bits per heavy atom. The van der Waals surface area contributed by atoms with E-state index in [1.165, 1.54) is 24.9 Å². The number of amides is 2. The third-order valence-electron chi connectivity index (χ3n) is 5.03. The highest BCUT2D eigenvalue weighted by atomic mass is 35.5. The highest BCUT2D eigenvalue weighted by Crippen LogP contribution is 2.26. The maximum Gasteiger partial charge on any atom is 0.273 e. The number of rotatable bonds is 8. The highest BCUT2D eigenvalue weighted by molar-refractivity contribution is 7.99. The summed E-state index contributed by atoms with van der Waals surface area (Å²) in [5, 5.41) is 9.60. The second kappa shape index (κ2) is 10.6. The Kier molecular flexibility index (Phi) is 7.40. The fourth-order valence-electron chi connectivity index (χ4n) is 3.45. The van der Waals surface area contributed by atoms with Crippen molar-refractivity contribution in [1.29, 1.82) is 0 Å². The Bertz CT molecular complexity index is 1110. The molecular formula is C21H23ClN6O4S.